The maximum atomic E-state index is 10.8. The molecule has 0 aliphatic carbocycles. The standard InChI is InChI=1S/C13H18N4O3/c14-12(16-20)9-1-3-10(4-2-9)15-11-5-7-17(8-6-11)13(18)19/h1-4,11,15,20H,5-8H2,(H2,14,16)(H,18,19). The predicted molar refractivity (Wildman–Crippen MR) is 75.2 cm³/mol. The van der Waals surface area contributed by atoms with Crippen molar-refractivity contribution in [3.8, 4) is 0 Å². The second-order valence-corrected chi connectivity index (χ2v) is 4.75. The third-order valence-electron chi connectivity index (χ3n) is 3.42. The van der Waals surface area contributed by atoms with Gasteiger partial charge in [0.15, 0.2) is 5.84 Å². The highest BCUT2D eigenvalue weighted by molar-refractivity contribution is 5.97. The zero-order valence-corrected chi connectivity index (χ0v) is 11.0. The van der Waals surface area contributed by atoms with Gasteiger partial charge in [-0.1, -0.05) is 5.16 Å². The number of hydrogen-bond donors (Lipinski definition) is 4. The third-order valence-corrected chi connectivity index (χ3v) is 3.42. The van der Waals surface area contributed by atoms with Crippen LogP contribution in [0.4, 0.5) is 10.5 Å². The number of benzene rings is 1. The van der Waals surface area contributed by atoms with Gasteiger partial charge in [0.2, 0.25) is 0 Å². The second-order valence-electron chi connectivity index (χ2n) is 4.75. The van der Waals surface area contributed by atoms with E-state index in [1.54, 1.807) is 12.1 Å². The molecule has 1 saturated heterocycles. The van der Waals surface area contributed by atoms with Gasteiger partial charge in [0.25, 0.3) is 0 Å². The molecule has 0 radical (unpaired) electrons. The van der Waals surface area contributed by atoms with Crippen molar-refractivity contribution in [2.45, 2.75) is 18.9 Å². The Hall–Kier alpha value is -2.44. The highest BCUT2D eigenvalue weighted by Crippen LogP contribution is 2.17. The van der Waals surface area contributed by atoms with E-state index in [0.717, 1.165) is 18.5 Å². The molecule has 0 saturated carbocycles. The summed E-state index contributed by atoms with van der Waals surface area (Å²) in [6.07, 6.45) is 0.717. The van der Waals surface area contributed by atoms with Gasteiger partial charge in [-0.3, -0.25) is 0 Å². The highest BCUT2D eigenvalue weighted by Gasteiger charge is 2.21. The molecule has 1 aliphatic heterocycles. The van der Waals surface area contributed by atoms with Crippen LogP contribution in [0.25, 0.3) is 0 Å². The van der Waals surface area contributed by atoms with Crippen molar-refractivity contribution in [1.82, 2.24) is 4.90 Å². The number of nitrogens with two attached hydrogens (primary N) is 1. The van der Waals surface area contributed by atoms with E-state index >= 15 is 0 Å². The van der Waals surface area contributed by atoms with Gasteiger partial charge in [0.05, 0.1) is 0 Å². The molecule has 0 aromatic heterocycles. The summed E-state index contributed by atoms with van der Waals surface area (Å²) in [6.45, 7) is 1.10. The van der Waals surface area contributed by atoms with Gasteiger partial charge < -0.3 is 26.3 Å². The van der Waals surface area contributed by atoms with Crippen LogP contribution in [0.5, 0.6) is 0 Å². The zero-order chi connectivity index (χ0) is 14.5. The van der Waals surface area contributed by atoms with Crippen molar-refractivity contribution >= 4 is 17.6 Å². The molecular weight excluding hydrogens is 260 g/mol. The first-order chi connectivity index (χ1) is 9.60. The highest BCUT2D eigenvalue weighted by atomic mass is 16.4. The number of oxime groups is 1. The molecule has 1 aromatic rings. The van der Waals surface area contributed by atoms with Crippen molar-refractivity contribution in [3.63, 3.8) is 0 Å². The molecule has 0 atom stereocenters. The quantitative estimate of drug-likeness (QED) is 0.288. The van der Waals surface area contributed by atoms with Crippen molar-refractivity contribution in [3.05, 3.63) is 29.8 Å². The van der Waals surface area contributed by atoms with Gasteiger partial charge in [0.1, 0.15) is 0 Å². The molecule has 0 unspecified atom stereocenters. The summed E-state index contributed by atoms with van der Waals surface area (Å²) in [5.74, 6) is 0.0753. The number of nitrogens with zero attached hydrogens (tertiary/aromatic N) is 2. The smallest absolute Gasteiger partial charge is 0.407 e. The number of carbonyl (C=O) groups is 1. The Bertz CT molecular complexity index is 493. The van der Waals surface area contributed by atoms with Crippen LogP contribution in [0.1, 0.15) is 18.4 Å². The fraction of sp³-hybridized carbons (Fsp3) is 0.385. The zero-order valence-electron chi connectivity index (χ0n) is 11.0. The van der Waals surface area contributed by atoms with E-state index in [-0.39, 0.29) is 11.9 Å². The summed E-state index contributed by atoms with van der Waals surface area (Å²) in [5.41, 5.74) is 7.08. The van der Waals surface area contributed by atoms with Crippen molar-refractivity contribution < 1.29 is 15.1 Å². The first-order valence-electron chi connectivity index (χ1n) is 6.42. The summed E-state index contributed by atoms with van der Waals surface area (Å²) in [6, 6.07) is 7.52. The molecule has 108 valence electrons. The summed E-state index contributed by atoms with van der Waals surface area (Å²) in [7, 11) is 0. The molecule has 1 fully saturated rings. The van der Waals surface area contributed by atoms with Gasteiger partial charge in [0, 0.05) is 30.4 Å². The molecule has 7 nitrogen and oxygen atoms in total. The number of likely N-dealkylation sites (tertiary alicyclic amines) is 1. The molecule has 0 spiro atoms. The Morgan fingerprint density at radius 2 is 1.90 bits per heavy atom. The van der Waals surface area contributed by atoms with Crippen LogP contribution in [0, 0.1) is 0 Å². The Kier molecular flexibility index (Phi) is 4.29. The average Bonchev–Trinajstić information content (AvgIpc) is 2.48. The SMILES string of the molecule is N/C(=N\O)c1ccc(NC2CCN(C(=O)O)CC2)cc1. The van der Waals surface area contributed by atoms with Crippen molar-refractivity contribution in [2.24, 2.45) is 10.9 Å². The minimum Gasteiger partial charge on any atom is -0.465 e. The van der Waals surface area contributed by atoms with Gasteiger partial charge >= 0.3 is 6.09 Å². The van der Waals surface area contributed by atoms with Gasteiger partial charge in [-0.05, 0) is 37.1 Å². The van der Waals surface area contributed by atoms with Crippen LogP contribution in [0.2, 0.25) is 0 Å². The molecule has 2 rings (SSSR count). The Balaban J connectivity index is 1.90. The van der Waals surface area contributed by atoms with E-state index in [2.05, 4.69) is 10.5 Å². The van der Waals surface area contributed by atoms with E-state index < -0.39 is 6.09 Å². The van der Waals surface area contributed by atoms with Gasteiger partial charge in [-0.2, -0.15) is 0 Å². The van der Waals surface area contributed by atoms with Crippen LogP contribution >= 0.6 is 0 Å². The van der Waals surface area contributed by atoms with Crippen LogP contribution < -0.4 is 11.1 Å². The van der Waals surface area contributed by atoms with Crippen LogP contribution in [-0.4, -0.2) is 46.3 Å². The monoisotopic (exact) mass is 278 g/mol. The molecule has 7 heteroatoms. The molecule has 0 bridgehead atoms. The average molecular weight is 278 g/mol. The third kappa shape index (κ3) is 3.31. The van der Waals surface area contributed by atoms with E-state index in [9.17, 15) is 4.79 Å². The minimum absolute atomic E-state index is 0.0753. The van der Waals surface area contributed by atoms with Gasteiger partial charge in [-0.25, -0.2) is 4.79 Å². The van der Waals surface area contributed by atoms with E-state index in [1.165, 1.54) is 4.90 Å². The molecule has 1 heterocycles. The van der Waals surface area contributed by atoms with E-state index in [0.29, 0.717) is 18.7 Å². The number of amidine groups is 1. The lowest BCUT2D eigenvalue weighted by Gasteiger charge is -2.31. The van der Waals surface area contributed by atoms with Crippen molar-refractivity contribution in [2.75, 3.05) is 18.4 Å². The lowest BCUT2D eigenvalue weighted by atomic mass is 10.0. The first-order valence-corrected chi connectivity index (χ1v) is 6.42. The number of anilines is 1. The molecule has 1 amide bonds. The minimum atomic E-state index is -0.855. The topological polar surface area (TPSA) is 111 Å². The number of hydrogen-bond acceptors (Lipinski definition) is 4. The summed E-state index contributed by atoms with van der Waals surface area (Å²) < 4.78 is 0. The number of rotatable bonds is 3. The number of carboxylic acid groups (broad SMARTS) is 1. The van der Waals surface area contributed by atoms with Crippen LogP contribution in [-0.2, 0) is 0 Å². The molecule has 1 aromatic carbocycles. The summed E-state index contributed by atoms with van der Waals surface area (Å²) in [5, 5.41) is 23.8. The maximum absolute atomic E-state index is 10.8. The van der Waals surface area contributed by atoms with Crippen LogP contribution in [0.3, 0.4) is 0 Å². The molecule has 5 N–H and O–H groups in total. The largest absolute Gasteiger partial charge is 0.465 e. The van der Waals surface area contributed by atoms with E-state index in [4.69, 9.17) is 16.0 Å². The lowest BCUT2D eigenvalue weighted by Crippen LogP contribution is -2.41. The second kappa shape index (κ2) is 6.14. The predicted octanol–water partition coefficient (Wildman–Crippen LogP) is 1.34. The fourth-order valence-corrected chi connectivity index (χ4v) is 2.25. The van der Waals surface area contributed by atoms with Crippen molar-refractivity contribution in [1.29, 1.82) is 0 Å². The van der Waals surface area contributed by atoms with E-state index in [1.807, 2.05) is 12.1 Å². The van der Waals surface area contributed by atoms with Gasteiger partial charge in [-0.15, -0.1) is 0 Å². The first kappa shape index (κ1) is 14.0. The number of piperidine rings is 1. The lowest BCUT2D eigenvalue weighted by molar-refractivity contribution is 0.134. The Morgan fingerprint density at radius 3 is 2.40 bits per heavy atom. The van der Waals surface area contributed by atoms with Crippen LogP contribution in [0.15, 0.2) is 29.4 Å². The summed E-state index contributed by atoms with van der Waals surface area (Å²) >= 11 is 0. The summed E-state index contributed by atoms with van der Waals surface area (Å²) in [4.78, 5) is 12.2. The fourth-order valence-electron chi connectivity index (χ4n) is 2.25. The molecule has 1 aliphatic rings. The molecular formula is C13H18N4O3. The normalized spacial score (nSPS) is 17.0. The maximum Gasteiger partial charge on any atom is 0.407 e. The number of nitrogens with one attached hydrogen (secondary N) is 1. The molecule has 20 heavy (non-hydrogen) atoms. The number of amides is 1. The Morgan fingerprint density at radius 1 is 1.30 bits per heavy atom. The Labute approximate surface area is 116 Å².